The summed E-state index contributed by atoms with van der Waals surface area (Å²) in [4.78, 5) is 27.4. The molecule has 1 unspecified atom stereocenters. The van der Waals surface area contributed by atoms with Gasteiger partial charge in [0.1, 0.15) is 12.6 Å². The van der Waals surface area contributed by atoms with Crippen LogP contribution in [-0.2, 0) is 26.0 Å². The topological polar surface area (TPSA) is 86.8 Å². The van der Waals surface area contributed by atoms with Crippen molar-refractivity contribution in [3.05, 3.63) is 65.2 Å². The van der Waals surface area contributed by atoms with Crippen LogP contribution >= 0.6 is 0 Å². The van der Waals surface area contributed by atoms with Crippen molar-refractivity contribution in [2.45, 2.75) is 39.7 Å². The summed E-state index contributed by atoms with van der Waals surface area (Å²) in [6.07, 6.45) is 2.06. The molecule has 0 aliphatic carbocycles. The van der Waals surface area contributed by atoms with Crippen molar-refractivity contribution in [3.8, 4) is 0 Å². The first kappa shape index (κ1) is 25.4. The predicted molar refractivity (Wildman–Crippen MR) is 128 cm³/mol. The van der Waals surface area contributed by atoms with E-state index in [4.69, 9.17) is 0 Å². The summed E-state index contributed by atoms with van der Waals surface area (Å²) in [5, 5.41) is 2.62. The number of hydrogen-bond donors (Lipinski definition) is 1. The molecule has 174 valence electrons. The number of anilines is 1. The molecule has 2 rings (SSSR count). The van der Waals surface area contributed by atoms with Gasteiger partial charge in [0.2, 0.25) is 21.8 Å². The molecule has 1 atom stereocenters. The minimum absolute atomic E-state index is 0.272. The van der Waals surface area contributed by atoms with Gasteiger partial charge in [-0.2, -0.15) is 0 Å². The minimum atomic E-state index is -3.72. The summed E-state index contributed by atoms with van der Waals surface area (Å²) >= 11 is 0. The summed E-state index contributed by atoms with van der Waals surface area (Å²) in [5.74, 6) is -0.687. The van der Waals surface area contributed by atoms with Gasteiger partial charge in [0.25, 0.3) is 0 Å². The van der Waals surface area contributed by atoms with Crippen molar-refractivity contribution in [2.24, 2.45) is 0 Å². The van der Waals surface area contributed by atoms with E-state index in [2.05, 4.69) is 5.32 Å². The highest BCUT2D eigenvalue weighted by Gasteiger charge is 2.31. The van der Waals surface area contributed by atoms with Gasteiger partial charge in [0.15, 0.2) is 0 Å². The summed E-state index contributed by atoms with van der Waals surface area (Å²) in [7, 11) is -2.19. The molecule has 32 heavy (non-hydrogen) atoms. The van der Waals surface area contributed by atoms with Crippen LogP contribution in [-0.4, -0.2) is 57.6 Å². The maximum atomic E-state index is 13.4. The lowest BCUT2D eigenvalue weighted by atomic mass is 10.1. The molecule has 0 aliphatic rings. The predicted octanol–water partition coefficient (Wildman–Crippen LogP) is 2.67. The van der Waals surface area contributed by atoms with Gasteiger partial charge in [-0.3, -0.25) is 13.9 Å². The third-order valence-corrected chi connectivity index (χ3v) is 6.54. The number of benzene rings is 2. The van der Waals surface area contributed by atoms with E-state index in [9.17, 15) is 18.0 Å². The highest BCUT2D eigenvalue weighted by molar-refractivity contribution is 7.92. The smallest absolute Gasteiger partial charge is 0.244 e. The molecule has 0 radical (unpaired) electrons. The van der Waals surface area contributed by atoms with Crippen molar-refractivity contribution in [1.29, 1.82) is 0 Å². The second kappa shape index (κ2) is 11.1. The van der Waals surface area contributed by atoms with Crippen LogP contribution in [0.15, 0.2) is 48.5 Å². The summed E-state index contributed by atoms with van der Waals surface area (Å²) < 4.78 is 26.3. The van der Waals surface area contributed by atoms with Gasteiger partial charge < -0.3 is 10.2 Å². The van der Waals surface area contributed by atoms with Crippen LogP contribution in [0, 0.1) is 13.8 Å². The summed E-state index contributed by atoms with van der Waals surface area (Å²) in [6.45, 7) is 5.51. The van der Waals surface area contributed by atoms with Gasteiger partial charge >= 0.3 is 0 Å². The number of sulfonamides is 1. The molecule has 7 nitrogen and oxygen atoms in total. The molecule has 0 aliphatic heterocycles. The number of amides is 2. The molecule has 0 saturated heterocycles. The third kappa shape index (κ3) is 6.56. The maximum Gasteiger partial charge on any atom is 0.244 e. The Hall–Kier alpha value is -2.87. The Balaban J connectivity index is 2.37. The second-order valence-electron chi connectivity index (χ2n) is 7.92. The first-order valence-corrected chi connectivity index (χ1v) is 12.5. The molecule has 0 saturated carbocycles. The van der Waals surface area contributed by atoms with Crippen LogP contribution in [0.4, 0.5) is 5.69 Å². The first-order chi connectivity index (χ1) is 15.1. The van der Waals surface area contributed by atoms with Gasteiger partial charge in [-0.05, 0) is 43.9 Å². The monoisotopic (exact) mass is 459 g/mol. The van der Waals surface area contributed by atoms with Crippen LogP contribution in [0.1, 0.15) is 30.0 Å². The first-order valence-electron chi connectivity index (χ1n) is 10.7. The number of hydrogen-bond acceptors (Lipinski definition) is 4. The van der Waals surface area contributed by atoms with E-state index in [1.807, 2.05) is 63.2 Å². The molecular formula is C24H33N3O4S. The van der Waals surface area contributed by atoms with E-state index in [1.54, 1.807) is 6.07 Å². The molecule has 0 spiro atoms. The zero-order valence-corrected chi connectivity index (χ0v) is 20.3. The van der Waals surface area contributed by atoms with E-state index in [-0.39, 0.29) is 12.5 Å². The van der Waals surface area contributed by atoms with E-state index in [0.29, 0.717) is 25.1 Å². The van der Waals surface area contributed by atoms with Crippen molar-refractivity contribution in [3.63, 3.8) is 0 Å². The van der Waals surface area contributed by atoms with Crippen LogP contribution in [0.2, 0.25) is 0 Å². The second-order valence-corrected chi connectivity index (χ2v) is 9.83. The van der Waals surface area contributed by atoms with E-state index in [1.165, 1.54) is 11.9 Å². The summed E-state index contributed by atoms with van der Waals surface area (Å²) in [6, 6.07) is 14.4. The number of carbonyl (C=O) groups excluding carboxylic acids is 2. The molecule has 0 bridgehead atoms. The number of nitrogens with zero attached hydrogens (tertiary/aromatic N) is 2. The molecule has 0 fully saturated rings. The largest absolute Gasteiger partial charge is 0.357 e. The Bertz CT molecular complexity index is 1040. The fourth-order valence-electron chi connectivity index (χ4n) is 3.74. The normalized spacial score (nSPS) is 12.2. The zero-order valence-electron chi connectivity index (χ0n) is 19.5. The number of likely N-dealkylation sites (N-methyl/N-ethyl adjacent to an activating group) is 1. The van der Waals surface area contributed by atoms with Gasteiger partial charge in [-0.25, -0.2) is 8.42 Å². The van der Waals surface area contributed by atoms with Crippen LogP contribution in [0.3, 0.4) is 0 Å². The lowest BCUT2D eigenvalue weighted by Crippen LogP contribution is -2.52. The van der Waals surface area contributed by atoms with Gasteiger partial charge in [-0.1, -0.05) is 55.0 Å². The van der Waals surface area contributed by atoms with E-state index < -0.39 is 22.0 Å². The minimum Gasteiger partial charge on any atom is -0.357 e. The summed E-state index contributed by atoms with van der Waals surface area (Å²) in [5.41, 5.74) is 3.26. The average molecular weight is 460 g/mol. The van der Waals surface area contributed by atoms with Gasteiger partial charge in [0.05, 0.1) is 11.9 Å². The molecule has 0 aromatic heterocycles. The number of aryl methyl sites for hydroxylation is 2. The molecule has 0 heterocycles. The van der Waals surface area contributed by atoms with Crippen molar-refractivity contribution >= 4 is 27.5 Å². The molecule has 1 N–H and O–H groups in total. The van der Waals surface area contributed by atoms with Crippen LogP contribution in [0.25, 0.3) is 0 Å². The molecule has 8 heteroatoms. The highest BCUT2D eigenvalue weighted by atomic mass is 32.2. The van der Waals surface area contributed by atoms with Crippen molar-refractivity contribution in [2.75, 3.05) is 30.7 Å². The van der Waals surface area contributed by atoms with Crippen molar-refractivity contribution in [1.82, 2.24) is 10.2 Å². The maximum absolute atomic E-state index is 13.4. The third-order valence-electron chi connectivity index (χ3n) is 5.42. The fourth-order valence-corrected chi connectivity index (χ4v) is 4.65. The van der Waals surface area contributed by atoms with Crippen molar-refractivity contribution < 1.29 is 18.0 Å². The zero-order chi connectivity index (χ0) is 23.9. The van der Waals surface area contributed by atoms with E-state index >= 15 is 0 Å². The molecule has 2 amide bonds. The quantitative estimate of drug-likeness (QED) is 0.592. The van der Waals surface area contributed by atoms with Gasteiger partial charge in [0, 0.05) is 13.6 Å². The molecule has 2 aromatic carbocycles. The fraction of sp³-hybridized carbons (Fsp3) is 0.417. The lowest BCUT2D eigenvalue weighted by molar-refractivity contribution is -0.139. The Labute approximate surface area is 191 Å². The molecule has 2 aromatic rings. The Kier molecular flexibility index (Phi) is 8.83. The molecular weight excluding hydrogens is 426 g/mol. The van der Waals surface area contributed by atoms with Crippen LogP contribution < -0.4 is 9.62 Å². The average Bonchev–Trinajstić information content (AvgIpc) is 2.74. The number of rotatable bonds is 10. The Morgan fingerprint density at radius 1 is 1.06 bits per heavy atom. The van der Waals surface area contributed by atoms with E-state index in [0.717, 1.165) is 27.3 Å². The standard InChI is InChI=1S/C24H33N3O4S/c1-6-21(24(29)25-4)26(15-14-20-10-8-7-9-11-20)23(28)17-27(32(5,30)31)22-13-12-18(2)16-19(22)3/h7-13,16,21H,6,14-15,17H2,1-5H3,(H,25,29). The Morgan fingerprint density at radius 3 is 2.25 bits per heavy atom. The Morgan fingerprint density at radius 2 is 1.72 bits per heavy atom. The number of carbonyl (C=O) groups is 2. The highest BCUT2D eigenvalue weighted by Crippen LogP contribution is 2.24. The van der Waals surface area contributed by atoms with Crippen LogP contribution in [0.5, 0.6) is 0 Å². The SMILES string of the molecule is CCC(C(=O)NC)N(CCc1ccccc1)C(=O)CN(c1ccc(C)cc1C)S(C)(=O)=O. The van der Waals surface area contributed by atoms with Gasteiger partial charge in [-0.15, -0.1) is 0 Å². The number of nitrogens with one attached hydrogen (secondary N) is 1. The lowest BCUT2D eigenvalue weighted by Gasteiger charge is -2.33.